The Morgan fingerprint density at radius 3 is 2.39 bits per heavy atom. The number of amides is 2. The van der Waals surface area contributed by atoms with E-state index in [9.17, 15) is 19.7 Å². The maximum Gasteiger partial charge on any atom is 0.269 e. The van der Waals surface area contributed by atoms with Gasteiger partial charge >= 0.3 is 0 Å². The highest BCUT2D eigenvalue weighted by atomic mass is 16.6. The van der Waals surface area contributed by atoms with Crippen LogP contribution in [0.1, 0.15) is 36.5 Å². The summed E-state index contributed by atoms with van der Waals surface area (Å²) in [6.07, 6.45) is 2.20. The average molecular weight is 319 g/mol. The Kier molecular flexibility index (Phi) is 5.67. The van der Waals surface area contributed by atoms with Crippen LogP contribution in [-0.2, 0) is 4.79 Å². The fourth-order valence-electron chi connectivity index (χ4n) is 2.65. The van der Waals surface area contributed by atoms with Crippen LogP contribution in [0.3, 0.4) is 0 Å². The number of carbonyl (C=O) groups is 2. The average Bonchev–Trinajstić information content (AvgIpc) is 2.59. The van der Waals surface area contributed by atoms with Crippen LogP contribution < -0.4 is 5.32 Å². The molecule has 7 nitrogen and oxygen atoms in total. The van der Waals surface area contributed by atoms with Gasteiger partial charge in [-0.25, -0.2) is 0 Å². The van der Waals surface area contributed by atoms with Crippen LogP contribution in [0.25, 0.3) is 0 Å². The highest BCUT2D eigenvalue weighted by Crippen LogP contribution is 2.20. The highest BCUT2D eigenvalue weighted by molar-refractivity contribution is 5.94. The Morgan fingerprint density at radius 1 is 1.26 bits per heavy atom. The minimum Gasteiger partial charge on any atom is -0.356 e. The van der Waals surface area contributed by atoms with Gasteiger partial charge in [0.15, 0.2) is 0 Å². The summed E-state index contributed by atoms with van der Waals surface area (Å²) in [4.78, 5) is 36.2. The lowest BCUT2D eigenvalue weighted by Crippen LogP contribution is -2.43. The Balaban J connectivity index is 1.90. The second-order valence-electron chi connectivity index (χ2n) is 5.66. The quantitative estimate of drug-likeness (QED) is 0.663. The number of rotatable bonds is 5. The minimum absolute atomic E-state index is 0.0344. The Hall–Kier alpha value is -2.44. The number of nitro groups is 1. The van der Waals surface area contributed by atoms with Crippen molar-refractivity contribution in [2.45, 2.75) is 26.2 Å². The third kappa shape index (κ3) is 4.28. The van der Waals surface area contributed by atoms with Gasteiger partial charge < -0.3 is 10.2 Å². The number of nitro benzene ring substituents is 1. The Morgan fingerprint density at radius 2 is 1.87 bits per heavy atom. The zero-order chi connectivity index (χ0) is 16.8. The van der Waals surface area contributed by atoms with E-state index in [4.69, 9.17) is 0 Å². The lowest BCUT2D eigenvalue weighted by atomic mass is 9.95. The summed E-state index contributed by atoms with van der Waals surface area (Å²) in [6.45, 7) is 3.74. The minimum atomic E-state index is -0.491. The molecule has 1 aliphatic heterocycles. The highest BCUT2D eigenvalue weighted by Gasteiger charge is 2.27. The van der Waals surface area contributed by atoms with Gasteiger partial charge in [0.2, 0.25) is 5.91 Å². The third-order valence-corrected chi connectivity index (χ3v) is 4.03. The van der Waals surface area contributed by atoms with Gasteiger partial charge in [-0.3, -0.25) is 19.7 Å². The monoisotopic (exact) mass is 319 g/mol. The van der Waals surface area contributed by atoms with Crippen LogP contribution in [0, 0.1) is 16.0 Å². The van der Waals surface area contributed by atoms with E-state index in [2.05, 4.69) is 5.32 Å². The molecule has 2 amide bonds. The lowest BCUT2D eigenvalue weighted by Gasteiger charge is -2.31. The van der Waals surface area contributed by atoms with Gasteiger partial charge in [0.05, 0.1) is 4.92 Å². The molecular weight excluding hydrogens is 298 g/mol. The standard InChI is InChI=1S/C16H21N3O4/c1-2-9-17-15(20)12-7-10-18(11-8-12)16(21)13-3-5-14(6-4-13)19(22)23/h3-6,12H,2,7-11H2,1H3,(H,17,20). The number of nitrogens with one attached hydrogen (secondary N) is 1. The molecule has 7 heteroatoms. The van der Waals surface area contributed by atoms with Crippen molar-refractivity contribution in [1.29, 1.82) is 0 Å². The summed E-state index contributed by atoms with van der Waals surface area (Å²) >= 11 is 0. The van der Waals surface area contributed by atoms with Gasteiger partial charge in [0, 0.05) is 43.2 Å². The van der Waals surface area contributed by atoms with Crippen LogP contribution in [0.5, 0.6) is 0 Å². The molecule has 0 radical (unpaired) electrons. The fraction of sp³-hybridized carbons (Fsp3) is 0.500. The molecule has 1 saturated heterocycles. The van der Waals surface area contributed by atoms with E-state index in [-0.39, 0.29) is 23.4 Å². The first-order valence-electron chi connectivity index (χ1n) is 7.84. The normalized spacial score (nSPS) is 15.3. The zero-order valence-corrected chi connectivity index (χ0v) is 13.2. The number of piperidine rings is 1. The first-order chi connectivity index (χ1) is 11.0. The topological polar surface area (TPSA) is 92.6 Å². The van der Waals surface area contributed by atoms with Gasteiger partial charge in [-0.15, -0.1) is 0 Å². The summed E-state index contributed by atoms with van der Waals surface area (Å²) in [5, 5.41) is 13.5. The molecule has 0 unspecified atom stereocenters. The molecule has 0 saturated carbocycles. The van der Waals surface area contributed by atoms with Gasteiger partial charge in [0.25, 0.3) is 11.6 Å². The maximum atomic E-state index is 12.4. The predicted octanol–water partition coefficient (Wildman–Crippen LogP) is 1.97. The van der Waals surface area contributed by atoms with Crippen LogP contribution >= 0.6 is 0 Å². The van der Waals surface area contributed by atoms with Crippen molar-refractivity contribution < 1.29 is 14.5 Å². The summed E-state index contributed by atoms with van der Waals surface area (Å²) in [5.41, 5.74) is 0.400. The molecule has 1 aromatic rings. The Labute approximate surface area is 134 Å². The zero-order valence-electron chi connectivity index (χ0n) is 13.2. The molecule has 0 spiro atoms. The molecular formula is C16H21N3O4. The second-order valence-corrected chi connectivity index (χ2v) is 5.66. The second kappa shape index (κ2) is 7.71. The molecule has 0 bridgehead atoms. The first-order valence-corrected chi connectivity index (χ1v) is 7.84. The molecule has 1 aromatic carbocycles. The fourth-order valence-corrected chi connectivity index (χ4v) is 2.65. The van der Waals surface area contributed by atoms with Crippen molar-refractivity contribution >= 4 is 17.5 Å². The first kappa shape index (κ1) is 16.9. The van der Waals surface area contributed by atoms with E-state index in [1.54, 1.807) is 4.90 Å². The number of hydrogen-bond donors (Lipinski definition) is 1. The van der Waals surface area contributed by atoms with Gasteiger partial charge in [-0.2, -0.15) is 0 Å². The van der Waals surface area contributed by atoms with Crippen LogP contribution in [0.15, 0.2) is 24.3 Å². The number of likely N-dealkylation sites (tertiary alicyclic amines) is 1. The Bertz CT molecular complexity index is 577. The molecule has 2 rings (SSSR count). The molecule has 0 aromatic heterocycles. The van der Waals surface area contributed by atoms with Crippen LogP contribution in [0.4, 0.5) is 5.69 Å². The number of non-ortho nitro benzene ring substituents is 1. The van der Waals surface area contributed by atoms with E-state index >= 15 is 0 Å². The van der Waals surface area contributed by atoms with Gasteiger partial charge in [-0.05, 0) is 31.4 Å². The number of benzene rings is 1. The van der Waals surface area contributed by atoms with E-state index < -0.39 is 4.92 Å². The van der Waals surface area contributed by atoms with Crippen molar-refractivity contribution in [3.63, 3.8) is 0 Å². The number of carbonyl (C=O) groups excluding carboxylic acids is 2. The molecule has 1 aliphatic rings. The summed E-state index contributed by atoms with van der Waals surface area (Å²) in [6, 6.07) is 5.61. The van der Waals surface area contributed by atoms with Crippen LogP contribution in [-0.4, -0.2) is 41.3 Å². The SMILES string of the molecule is CCCNC(=O)C1CCN(C(=O)c2ccc([N+](=O)[O-])cc2)CC1. The third-order valence-electron chi connectivity index (χ3n) is 4.03. The van der Waals surface area contributed by atoms with Crippen LogP contribution in [0.2, 0.25) is 0 Å². The van der Waals surface area contributed by atoms with Gasteiger partial charge in [-0.1, -0.05) is 6.92 Å². The van der Waals surface area contributed by atoms with E-state index in [0.29, 0.717) is 38.0 Å². The summed E-state index contributed by atoms with van der Waals surface area (Å²) in [5.74, 6) is -0.121. The molecule has 1 heterocycles. The molecule has 1 fully saturated rings. The smallest absolute Gasteiger partial charge is 0.269 e. The van der Waals surface area contributed by atoms with Crippen molar-refractivity contribution in [3.8, 4) is 0 Å². The predicted molar refractivity (Wildman–Crippen MR) is 85.0 cm³/mol. The van der Waals surface area contributed by atoms with E-state index in [1.165, 1.54) is 24.3 Å². The van der Waals surface area contributed by atoms with Crippen molar-refractivity contribution in [3.05, 3.63) is 39.9 Å². The molecule has 124 valence electrons. The van der Waals surface area contributed by atoms with Crippen molar-refractivity contribution in [2.24, 2.45) is 5.92 Å². The van der Waals surface area contributed by atoms with Crippen molar-refractivity contribution in [2.75, 3.05) is 19.6 Å². The van der Waals surface area contributed by atoms with E-state index in [0.717, 1.165) is 6.42 Å². The summed E-state index contributed by atoms with van der Waals surface area (Å²) in [7, 11) is 0. The molecule has 0 atom stereocenters. The number of nitrogens with zero attached hydrogens (tertiary/aromatic N) is 2. The molecule has 0 aliphatic carbocycles. The maximum absolute atomic E-state index is 12.4. The molecule has 1 N–H and O–H groups in total. The van der Waals surface area contributed by atoms with E-state index in [1.807, 2.05) is 6.92 Å². The lowest BCUT2D eigenvalue weighted by molar-refractivity contribution is -0.384. The molecule has 23 heavy (non-hydrogen) atoms. The number of hydrogen-bond acceptors (Lipinski definition) is 4. The summed E-state index contributed by atoms with van der Waals surface area (Å²) < 4.78 is 0. The van der Waals surface area contributed by atoms with Crippen molar-refractivity contribution in [1.82, 2.24) is 10.2 Å². The largest absolute Gasteiger partial charge is 0.356 e. The van der Waals surface area contributed by atoms with Gasteiger partial charge in [0.1, 0.15) is 0 Å².